The van der Waals surface area contributed by atoms with E-state index in [4.69, 9.17) is 19.7 Å². The van der Waals surface area contributed by atoms with E-state index in [1.54, 1.807) is 0 Å². The summed E-state index contributed by atoms with van der Waals surface area (Å²) in [5.74, 6) is -3.36. The molecule has 1 aromatic heterocycles. The second kappa shape index (κ2) is 6.83. The summed E-state index contributed by atoms with van der Waals surface area (Å²) < 4.78 is 9.79. The molecule has 1 saturated heterocycles. The van der Waals surface area contributed by atoms with Crippen molar-refractivity contribution in [2.45, 2.75) is 36.9 Å². The molecule has 22 heavy (non-hydrogen) atoms. The first kappa shape index (κ1) is 16.4. The van der Waals surface area contributed by atoms with Crippen molar-refractivity contribution in [1.82, 2.24) is 9.97 Å². The summed E-state index contributed by atoms with van der Waals surface area (Å²) in [4.78, 5) is 29.3. The third kappa shape index (κ3) is 3.42. The summed E-state index contributed by atoms with van der Waals surface area (Å²) in [5.41, 5.74) is 0. The van der Waals surface area contributed by atoms with Gasteiger partial charge in [-0.05, 0) is 0 Å². The van der Waals surface area contributed by atoms with Gasteiger partial charge in [-0.3, -0.25) is 9.59 Å². The van der Waals surface area contributed by atoms with Gasteiger partial charge in [0.25, 0.3) is 0 Å². The zero-order valence-corrected chi connectivity index (χ0v) is 11.3. The van der Waals surface area contributed by atoms with Crippen LogP contribution in [-0.4, -0.2) is 73.5 Å². The van der Waals surface area contributed by atoms with E-state index < -0.39 is 55.5 Å². The number of hydrogen-bond donors (Lipinski definition) is 5. The highest BCUT2D eigenvalue weighted by Gasteiger charge is 2.45. The Bertz CT molecular complexity index is 519. The van der Waals surface area contributed by atoms with Gasteiger partial charge in [0.05, 0.1) is 13.0 Å². The number of H-pyrrole nitrogens is 1. The number of hydrogen-bond acceptors (Lipinski definition) is 8. The number of aromatic nitrogens is 2. The highest BCUT2D eigenvalue weighted by Crippen LogP contribution is 2.24. The normalized spacial score (nSPS) is 29.2. The van der Waals surface area contributed by atoms with E-state index in [0.717, 1.165) is 0 Å². The average molecular weight is 316 g/mol. The maximum atomic E-state index is 11.8. The summed E-state index contributed by atoms with van der Waals surface area (Å²) >= 11 is 0. The minimum Gasteiger partial charge on any atom is -0.481 e. The topological polar surface area (TPSA) is 162 Å². The first-order chi connectivity index (χ1) is 10.4. The minimum atomic E-state index is -1.52. The third-order valence-corrected chi connectivity index (χ3v) is 3.26. The second-order valence-electron chi connectivity index (χ2n) is 4.77. The Hall–Kier alpha value is -2.01. The summed E-state index contributed by atoms with van der Waals surface area (Å²) in [6.07, 6.45) is -3.23. The maximum absolute atomic E-state index is 11.8. The standard InChI is InChI=1S/C12H16N2O8/c15-4-6-8(17)9(18)12(21-6)22-7(16)3-5(11(19)20)10-13-1-2-14-10/h1-2,5-6,8-9,12,15,17-18H,3-4H2,(H,13,14)(H,19,20)/t5?,6-,8-,9-,12?/m1/s1. The van der Waals surface area contributed by atoms with Crippen LogP contribution in [0.3, 0.4) is 0 Å². The van der Waals surface area contributed by atoms with Gasteiger partial charge in [0.15, 0.2) is 0 Å². The molecule has 0 amide bonds. The van der Waals surface area contributed by atoms with Crippen LogP contribution in [0.5, 0.6) is 0 Å². The molecule has 1 aliphatic heterocycles. The van der Waals surface area contributed by atoms with Crippen LogP contribution in [0.4, 0.5) is 0 Å². The summed E-state index contributed by atoms with van der Waals surface area (Å²) in [5, 5.41) is 37.2. The highest BCUT2D eigenvalue weighted by atomic mass is 16.7. The Morgan fingerprint density at radius 2 is 2.14 bits per heavy atom. The fourth-order valence-electron chi connectivity index (χ4n) is 2.08. The molecule has 10 heteroatoms. The maximum Gasteiger partial charge on any atom is 0.314 e. The molecule has 0 bridgehead atoms. The predicted octanol–water partition coefficient (Wildman–Crippen LogP) is -2.05. The summed E-state index contributed by atoms with van der Waals surface area (Å²) in [6, 6.07) is 0. The highest BCUT2D eigenvalue weighted by molar-refractivity contribution is 5.82. The fraction of sp³-hybridized carbons (Fsp3) is 0.583. The lowest BCUT2D eigenvalue weighted by atomic mass is 10.1. The fourth-order valence-corrected chi connectivity index (χ4v) is 2.08. The number of ether oxygens (including phenoxy) is 2. The summed E-state index contributed by atoms with van der Waals surface area (Å²) in [6.45, 7) is -0.559. The SMILES string of the molecule is O=C(CC(C(=O)O)c1ncc[nH]1)OC1O[C@H](CO)[C@@H](O)[C@H]1O. The van der Waals surface area contributed by atoms with Crippen LogP contribution in [0.1, 0.15) is 18.2 Å². The Labute approximate surface area is 124 Å². The number of esters is 1. The predicted molar refractivity (Wildman–Crippen MR) is 67.4 cm³/mol. The van der Waals surface area contributed by atoms with Crippen molar-refractivity contribution in [3.05, 3.63) is 18.2 Å². The van der Waals surface area contributed by atoms with E-state index in [1.807, 2.05) is 0 Å². The van der Waals surface area contributed by atoms with Crippen LogP contribution in [0.25, 0.3) is 0 Å². The monoisotopic (exact) mass is 316 g/mol. The van der Waals surface area contributed by atoms with E-state index in [-0.39, 0.29) is 5.82 Å². The lowest BCUT2D eigenvalue weighted by Gasteiger charge is -2.16. The lowest BCUT2D eigenvalue weighted by Crippen LogP contribution is -2.35. The quantitative estimate of drug-likeness (QED) is 0.372. The van der Waals surface area contributed by atoms with E-state index in [0.29, 0.717) is 0 Å². The Kier molecular flexibility index (Phi) is 5.08. The molecule has 5 N–H and O–H groups in total. The van der Waals surface area contributed by atoms with Gasteiger partial charge < -0.3 is 34.9 Å². The number of rotatable bonds is 6. The third-order valence-electron chi connectivity index (χ3n) is 3.26. The molecule has 1 aromatic rings. The molecule has 5 atom stereocenters. The van der Waals surface area contributed by atoms with E-state index >= 15 is 0 Å². The van der Waals surface area contributed by atoms with Gasteiger partial charge in [0, 0.05) is 12.4 Å². The van der Waals surface area contributed by atoms with Crippen LogP contribution in [0.2, 0.25) is 0 Å². The van der Waals surface area contributed by atoms with Crippen LogP contribution < -0.4 is 0 Å². The first-order valence-corrected chi connectivity index (χ1v) is 6.48. The van der Waals surface area contributed by atoms with Crippen LogP contribution in [0, 0.1) is 0 Å². The zero-order valence-electron chi connectivity index (χ0n) is 11.3. The average Bonchev–Trinajstić information content (AvgIpc) is 3.08. The molecule has 0 spiro atoms. The van der Waals surface area contributed by atoms with Crippen molar-refractivity contribution in [3.8, 4) is 0 Å². The van der Waals surface area contributed by atoms with Crippen LogP contribution in [0.15, 0.2) is 12.4 Å². The van der Waals surface area contributed by atoms with Gasteiger partial charge in [-0.2, -0.15) is 0 Å². The van der Waals surface area contributed by atoms with Crippen molar-refractivity contribution in [2.24, 2.45) is 0 Å². The number of carboxylic acids is 1. The number of nitrogens with zero attached hydrogens (tertiary/aromatic N) is 1. The molecule has 2 unspecified atom stereocenters. The van der Waals surface area contributed by atoms with Crippen molar-refractivity contribution < 1.29 is 39.5 Å². The number of aliphatic carboxylic acids is 1. The van der Waals surface area contributed by atoms with Crippen molar-refractivity contribution in [1.29, 1.82) is 0 Å². The molecule has 0 radical (unpaired) electrons. The molecule has 1 aliphatic rings. The van der Waals surface area contributed by atoms with E-state index in [1.165, 1.54) is 12.4 Å². The number of carbonyl (C=O) groups excluding carboxylic acids is 1. The molecule has 0 saturated carbocycles. The number of imidazole rings is 1. The molecule has 0 aromatic carbocycles. The second-order valence-corrected chi connectivity index (χ2v) is 4.77. The first-order valence-electron chi connectivity index (χ1n) is 6.48. The number of carboxylic acid groups (broad SMARTS) is 1. The molecule has 2 heterocycles. The Morgan fingerprint density at radius 3 is 2.64 bits per heavy atom. The zero-order chi connectivity index (χ0) is 16.3. The summed E-state index contributed by atoms with van der Waals surface area (Å²) in [7, 11) is 0. The number of nitrogens with one attached hydrogen (secondary N) is 1. The van der Waals surface area contributed by atoms with Gasteiger partial charge in [0.1, 0.15) is 30.1 Å². The van der Waals surface area contributed by atoms with Gasteiger partial charge in [-0.1, -0.05) is 0 Å². The Balaban J connectivity index is 1.96. The van der Waals surface area contributed by atoms with Crippen molar-refractivity contribution in [2.75, 3.05) is 6.61 Å². The number of aliphatic hydroxyl groups is 3. The Morgan fingerprint density at radius 1 is 1.41 bits per heavy atom. The molecule has 2 rings (SSSR count). The lowest BCUT2D eigenvalue weighted by molar-refractivity contribution is -0.190. The molecule has 0 aliphatic carbocycles. The van der Waals surface area contributed by atoms with Crippen LogP contribution >= 0.6 is 0 Å². The van der Waals surface area contributed by atoms with Gasteiger partial charge in [-0.15, -0.1) is 0 Å². The largest absolute Gasteiger partial charge is 0.481 e. The van der Waals surface area contributed by atoms with Crippen molar-refractivity contribution >= 4 is 11.9 Å². The van der Waals surface area contributed by atoms with E-state index in [9.17, 15) is 19.8 Å². The number of aromatic amines is 1. The van der Waals surface area contributed by atoms with Gasteiger partial charge >= 0.3 is 11.9 Å². The molecular weight excluding hydrogens is 300 g/mol. The molecular formula is C12H16N2O8. The van der Waals surface area contributed by atoms with Crippen LogP contribution in [-0.2, 0) is 19.1 Å². The van der Waals surface area contributed by atoms with E-state index in [2.05, 4.69) is 9.97 Å². The minimum absolute atomic E-state index is 0.0885. The molecule has 1 fully saturated rings. The molecule has 10 nitrogen and oxygen atoms in total. The number of carbonyl (C=O) groups is 2. The van der Waals surface area contributed by atoms with Gasteiger partial charge in [0.2, 0.25) is 6.29 Å². The van der Waals surface area contributed by atoms with Gasteiger partial charge in [-0.25, -0.2) is 4.98 Å². The number of aliphatic hydroxyl groups excluding tert-OH is 3. The van der Waals surface area contributed by atoms with Crippen molar-refractivity contribution in [3.63, 3.8) is 0 Å². The smallest absolute Gasteiger partial charge is 0.314 e. The molecule has 122 valence electrons.